The number of fused-ring (bicyclic) bond motifs is 1. The molecule has 0 aromatic heterocycles. The maximum absolute atomic E-state index is 11.3. The molecule has 0 radical (unpaired) electrons. The Bertz CT molecular complexity index is 471. The van der Waals surface area contributed by atoms with E-state index < -0.39 is 0 Å². The van der Waals surface area contributed by atoms with Gasteiger partial charge >= 0.3 is 5.97 Å². The van der Waals surface area contributed by atoms with E-state index in [0.717, 1.165) is 38.5 Å². The van der Waals surface area contributed by atoms with E-state index in [1.54, 1.807) is 0 Å². The van der Waals surface area contributed by atoms with Gasteiger partial charge in [-0.25, -0.2) is 0 Å². The van der Waals surface area contributed by atoms with E-state index in [2.05, 4.69) is 12.1 Å². The summed E-state index contributed by atoms with van der Waals surface area (Å²) in [6.45, 7) is 0. The van der Waals surface area contributed by atoms with Crippen LogP contribution in [0.4, 0.5) is 0 Å². The summed E-state index contributed by atoms with van der Waals surface area (Å²) in [7, 11) is 0. The summed E-state index contributed by atoms with van der Waals surface area (Å²) in [5.74, 6) is 0.950. The van der Waals surface area contributed by atoms with E-state index in [4.69, 9.17) is 4.74 Å². The molecule has 1 aromatic carbocycles. The molecule has 21 heavy (non-hydrogen) atoms. The first kappa shape index (κ1) is 14.6. The van der Waals surface area contributed by atoms with Crippen LogP contribution in [-0.2, 0) is 16.0 Å². The Morgan fingerprint density at radius 2 is 2.00 bits per heavy atom. The van der Waals surface area contributed by atoms with Gasteiger partial charge in [0.25, 0.3) is 0 Å². The fourth-order valence-corrected chi connectivity index (χ4v) is 3.85. The number of aryl methyl sites for hydroxylation is 1. The molecule has 2 fully saturated rings. The first-order valence-corrected chi connectivity index (χ1v) is 8.14. The van der Waals surface area contributed by atoms with E-state index in [-0.39, 0.29) is 18.2 Å². The van der Waals surface area contributed by atoms with Crippen molar-refractivity contribution in [2.45, 2.75) is 57.2 Å². The predicted octanol–water partition coefficient (Wildman–Crippen LogP) is 3.10. The molecule has 114 valence electrons. The van der Waals surface area contributed by atoms with E-state index in [1.165, 1.54) is 5.56 Å². The molecule has 0 amide bonds. The highest BCUT2D eigenvalue weighted by Crippen LogP contribution is 2.43. The van der Waals surface area contributed by atoms with Crippen molar-refractivity contribution in [3.05, 3.63) is 35.9 Å². The lowest BCUT2D eigenvalue weighted by Gasteiger charge is -2.18. The number of carbonyl (C=O) groups excluding carboxylic acids is 1. The minimum Gasteiger partial charge on any atom is -0.462 e. The van der Waals surface area contributed by atoms with Crippen LogP contribution in [0.25, 0.3) is 0 Å². The first-order chi connectivity index (χ1) is 10.2. The van der Waals surface area contributed by atoms with Crippen LogP contribution < -0.4 is 0 Å². The molecule has 1 heterocycles. The number of benzene rings is 1. The molecule has 0 bridgehead atoms. The summed E-state index contributed by atoms with van der Waals surface area (Å²) in [4.78, 5) is 11.3. The van der Waals surface area contributed by atoms with Gasteiger partial charge in [0.15, 0.2) is 0 Å². The zero-order chi connectivity index (χ0) is 14.7. The third-order valence-electron chi connectivity index (χ3n) is 5.07. The topological polar surface area (TPSA) is 46.5 Å². The van der Waals surface area contributed by atoms with Gasteiger partial charge in [0.05, 0.1) is 12.5 Å². The summed E-state index contributed by atoms with van der Waals surface area (Å²) < 4.78 is 5.33. The van der Waals surface area contributed by atoms with Gasteiger partial charge in [-0.3, -0.25) is 4.79 Å². The molecule has 0 unspecified atom stereocenters. The Balaban J connectivity index is 1.40. The van der Waals surface area contributed by atoms with Crippen molar-refractivity contribution in [2.75, 3.05) is 0 Å². The zero-order valence-corrected chi connectivity index (χ0v) is 12.4. The van der Waals surface area contributed by atoms with Crippen molar-refractivity contribution >= 4 is 5.97 Å². The smallest absolute Gasteiger partial charge is 0.306 e. The minimum atomic E-state index is -0.234. The van der Waals surface area contributed by atoms with Crippen LogP contribution in [0.2, 0.25) is 0 Å². The van der Waals surface area contributed by atoms with Gasteiger partial charge in [-0.05, 0) is 50.0 Å². The summed E-state index contributed by atoms with van der Waals surface area (Å²) in [6, 6.07) is 10.3. The van der Waals surface area contributed by atoms with Gasteiger partial charge in [0.1, 0.15) is 6.10 Å². The lowest BCUT2D eigenvalue weighted by atomic mass is 9.88. The number of carbonyl (C=O) groups is 1. The molecule has 2 aliphatic rings. The van der Waals surface area contributed by atoms with Crippen LogP contribution in [0.15, 0.2) is 30.3 Å². The highest BCUT2D eigenvalue weighted by molar-refractivity contribution is 5.72. The van der Waals surface area contributed by atoms with Gasteiger partial charge in [0.2, 0.25) is 0 Å². The third kappa shape index (κ3) is 3.65. The third-order valence-corrected chi connectivity index (χ3v) is 5.07. The van der Waals surface area contributed by atoms with Crippen LogP contribution in [-0.4, -0.2) is 23.3 Å². The number of esters is 1. The maximum Gasteiger partial charge on any atom is 0.306 e. The molecule has 3 heteroatoms. The molecule has 3 rings (SSSR count). The number of hydrogen-bond acceptors (Lipinski definition) is 3. The lowest BCUT2D eigenvalue weighted by molar-refractivity contribution is -0.141. The fourth-order valence-electron chi connectivity index (χ4n) is 3.85. The molecule has 1 aliphatic carbocycles. The molecule has 1 saturated carbocycles. The Hall–Kier alpha value is -1.35. The van der Waals surface area contributed by atoms with E-state index in [0.29, 0.717) is 18.3 Å². The van der Waals surface area contributed by atoms with E-state index in [9.17, 15) is 9.90 Å². The highest BCUT2D eigenvalue weighted by atomic mass is 16.5. The predicted molar refractivity (Wildman–Crippen MR) is 80.7 cm³/mol. The summed E-state index contributed by atoms with van der Waals surface area (Å²) >= 11 is 0. The van der Waals surface area contributed by atoms with Gasteiger partial charge < -0.3 is 9.84 Å². The zero-order valence-electron chi connectivity index (χ0n) is 12.4. The molecule has 1 N–H and O–H groups in total. The van der Waals surface area contributed by atoms with Crippen LogP contribution in [0, 0.1) is 11.8 Å². The molecular weight excluding hydrogens is 264 g/mol. The van der Waals surface area contributed by atoms with Crippen molar-refractivity contribution < 1.29 is 14.6 Å². The van der Waals surface area contributed by atoms with Crippen LogP contribution in [0.1, 0.15) is 44.1 Å². The SMILES string of the molecule is O=C1C[C@@H]2[C@@H](CC[C@@H](O)CCc3ccccc3)CC[C@@H]2O1. The number of aliphatic hydroxyl groups excluding tert-OH is 1. The van der Waals surface area contributed by atoms with Gasteiger partial charge in [0, 0.05) is 5.92 Å². The Labute approximate surface area is 126 Å². The summed E-state index contributed by atoms with van der Waals surface area (Å²) in [6.07, 6.45) is 6.31. The Morgan fingerprint density at radius 3 is 2.81 bits per heavy atom. The number of ether oxygens (including phenoxy) is 1. The average Bonchev–Trinajstić information content (AvgIpc) is 3.03. The van der Waals surface area contributed by atoms with Crippen LogP contribution >= 0.6 is 0 Å². The van der Waals surface area contributed by atoms with Gasteiger partial charge in [-0.15, -0.1) is 0 Å². The average molecular weight is 288 g/mol. The monoisotopic (exact) mass is 288 g/mol. The molecule has 1 saturated heterocycles. The molecule has 3 nitrogen and oxygen atoms in total. The largest absolute Gasteiger partial charge is 0.462 e. The van der Waals surface area contributed by atoms with Crippen molar-refractivity contribution in [3.63, 3.8) is 0 Å². The van der Waals surface area contributed by atoms with Crippen molar-refractivity contribution in [2.24, 2.45) is 11.8 Å². The van der Waals surface area contributed by atoms with Crippen molar-refractivity contribution in [1.82, 2.24) is 0 Å². The lowest BCUT2D eigenvalue weighted by Crippen LogP contribution is -2.16. The standard InChI is InChI=1S/C18H24O3/c19-15(9-6-13-4-2-1-3-5-13)10-7-14-8-11-17-16(14)12-18(20)21-17/h1-5,14-17,19H,6-12H2/t14-,15-,16+,17-/m0/s1. The molecule has 1 aromatic rings. The Kier molecular flexibility index (Phi) is 4.59. The second-order valence-electron chi connectivity index (χ2n) is 6.49. The minimum absolute atomic E-state index is 0.0284. The highest BCUT2D eigenvalue weighted by Gasteiger charge is 2.44. The normalized spacial score (nSPS) is 29.2. The van der Waals surface area contributed by atoms with Crippen LogP contribution in [0.3, 0.4) is 0 Å². The van der Waals surface area contributed by atoms with Crippen LogP contribution in [0.5, 0.6) is 0 Å². The summed E-state index contributed by atoms with van der Waals surface area (Å²) in [5.41, 5.74) is 1.28. The van der Waals surface area contributed by atoms with Crippen molar-refractivity contribution in [1.29, 1.82) is 0 Å². The number of rotatable bonds is 6. The van der Waals surface area contributed by atoms with E-state index >= 15 is 0 Å². The molecule has 0 spiro atoms. The van der Waals surface area contributed by atoms with E-state index in [1.807, 2.05) is 18.2 Å². The fraction of sp³-hybridized carbons (Fsp3) is 0.611. The molecule has 4 atom stereocenters. The second-order valence-corrected chi connectivity index (χ2v) is 6.49. The number of hydrogen-bond donors (Lipinski definition) is 1. The molecule has 1 aliphatic heterocycles. The number of aliphatic hydroxyl groups is 1. The molecular formula is C18H24O3. The Morgan fingerprint density at radius 1 is 1.19 bits per heavy atom. The van der Waals surface area contributed by atoms with Gasteiger partial charge in [-0.2, -0.15) is 0 Å². The maximum atomic E-state index is 11.3. The summed E-state index contributed by atoms with van der Waals surface area (Å²) in [5, 5.41) is 10.2. The second kappa shape index (κ2) is 6.61. The quantitative estimate of drug-likeness (QED) is 0.818. The first-order valence-electron chi connectivity index (χ1n) is 8.14. The van der Waals surface area contributed by atoms with Gasteiger partial charge in [-0.1, -0.05) is 30.3 Å². The van der Waals surface area contributed by atoms with Crippen molar-refractivity contribution in [3.8, 4) is 0 Å².